The zero-order valence-electron chi connectivity index (χ0n) is 15.6. The number of hydrogen-bond acceptors (Lipinski definition) is 5. The highest BCUT2D eigenvalue weighted by Crippen LogP contribution is 2.37. The molecule has 1 atom stereocenters. The van der Waals surface area contributed by atoms with E-state index in [9.17, 15) is 22.8 Å². The molecule has 2 heterocycles. The highest BCUT2D eigenvalue weighted by Gasteiger charge is 2.53. The third kappa shape index (κ3) is 3.46. The van der Waals surface area contributed by atoms with Crippen LogP contribution in [0.1, 0.15) is 51.9 Å². The predicted molar refractivity (Wildman–Crippen MR) is 97.5 cm³/mol. The zero-order valence-corrected chi connectivity index (χ0v) is 16.5. The van der Waals surface area contributed by atoms with Gasteiger partial charge in [0, 0.05) is 12.1 Å². The number of rotatable bonds is 4. The van der Waals surface area contributed by atoms with E-state index in [4.69, 9.17) is 0 Å². The molecule has 0 aromatic rings. The molecule has 0 aromatic carbocycles. The summed E-state index contributed by atoms with van der Waals surface area (Å²) in [6, 6.07) is -0.793. The molecule has 0 aromatic heterocycles. The fourth-order valence-corrected chi connectivity index (χ4v) is 6.39. The molecule has 2 aliphatic heterocycles. The third-order valence-corrected chi connectivity index (χ3v) is 8.25. The van der Waals surface area contributed by atoms with Gasteiger partial charge in [0.2, 0.25) is 5.91 Å². The Hall–Kier alpha value is -1.64. The lowest BCUT2D eigenvalue weighted by atomic mass is 9.77. The number of carbonyl (C=O) groups excluding carboxylic acids is 3. The highest BCUT2D eigenvalue weighted by atomic mass is 32.2. The van der Waals surface area contributed by atoms with Gasteiger partial charge >= 0.3 is 6.03 Å². The standard InChI is InChI=1S/C18H27N3O5S/c1-12-4-7-18(8-5-12)16(23)20(17(24)19-18)10-15(22)21(13-2-3-13)14-6-9-27(25,26)11-14/h12-14H,2-11H2,1H3,(H,19,24)/t12?,14-,18?/m1/s1. The Labute approximate surface area is 159 Å². The Balaban J connectivity index is 1.47. The fraction of sp³-hybridized carbons (Fsp3) is 0.833. The molecule has 9 heteroatoms. The van der Waals surface area contributed by atoms with E-state index in [-0.39, 0.29) is 41.9 Å². The normalized spacial score (nSPS) is 35.5. The number of sulfone groups is 1. The van der Waals surface area contributed by atoms with Crippen molar-refractivity contribution in [1.82, 2.24) is 15.1 Å². The first-order chi connectivity index (χ1) is 12.7. The van der Waals surface area contributed by atoms with Gasteiger partial charge < -0.3 is 10.2 Å². The van der Waals surface area contributed by atoms with E-state index in [0.29, 0.717) is 25.2 Å². The summed E-state index contributed by atoms with van der Waals surface area (Å²) in [5.41, 5.74) is -0.856. The third-order valence-electron chi connectivity index (χ3n) is 6.50. The first-order valence-corrected chi connectivity index (χ1v) is 11.7. The lowest BCUT2D eigenvalue weighted by molar-refractivity contribution is -0.141. The molecule has 0 unspecified atom stereocenters. The molecule has 8 nitrogen and oxygen atoms in total. The first kappa shape index (κ1) is 18.7. The van der Waals surface area contributed by atoms with Gasteiger partial charge in [-0.15, -0.1) is 0 Å². The maximum atomic E-state index is 13.0. The summed E-state index contributed by atoms with van der Waals surface area (Å²) in [6.45, 7) is 1.84. The summed E-state index contributed by atoms with van der Waals surface area (Å²) in [6.07, 6.45) is 5.11. The van der Waals surface area contributed by atoms with Crippen molar-refractivity contribution in [2.24, 2.45) is 5.92 Å². The fourth-order valence-electron chi connectivity index (χ4n) is 4.68. The van der Waals surface area contributed by atoms with Crippen LogP contribution in [0.2, 0.25) is 0 Å². The van der Waals surface area contributed by atoms with Gasteiger partial charge in [-0.3, -0.25) is 14.5 Å². The van der Waals surface area contributed by atoms with Crippen LogP contribution in [0.4, 0.5) is 4.79 Å². The van der Waals surface area contributed by atoms with Crippen molar-refractivity contribution in [3.05, 3.63) is 0 Å². The SMILES string of the molecule is CC1CCC2(CC1)NC(=O)N(CC(=O)N(C1CC1)[C@@H]1CCS(=O)(=O)C1)C2=O. The molecule has 4 aliphatic rings. The average molecular weight is 397 g/mol. The van der Waals surface area contributed by atoms with Crippen LogP contribution in [0.3, 0.4) is 0 Å². The molecule has 0 radical (unpaired) electrons. The maximum absolute atomic E-state index is 13.0. The van der Waals surface area contributed by atoms with Gasteiger partial charge in [0.1, 0.15) is 12.1 Å². The minimum absolute atomic E-state index is 0.0167. The molecule has 4 rings (SSSR count). The van der Waals surface area contributed by atoms with E-state index in [0.717, 1.165) is 30.6 Å². The lowest BCUT2D eigenvalue weighted by Gasteiger charge is -2.34. The molecule has 27 heavy (non-hydrogen) atoms. The van der Waals surface area contributed by atoms with Gasteiger partial charge in [0.15, 0.2) is 9.84 Å². The van der Waals surface area contributed by atoms with Gasteiger partial charge in [-0.2, -0.15) is 0 Å². The van der Waals surface area contributed by atoms with Crippen LogP contribution in [-0.2, 0) is 19.4 Å². The molecular formula is C18H27N3O5S. The number of urea groups is 1. The number of nitrogens with one attached hydrogen (secondary N) is 1. The van der Waals surface area contributed by atoms with Crippen molar-refractivity contribution in [2.75, 3.05) is 18.1 Å². The van der Waals surface area contributed by atoms with Crippen molar-refractivity contribution >= 4 is 27.7 Å². The van der Waals surface area contributed by atoms with Crippen molar-refractivity contribution in [1.29, 1.82) is 0 Å². The monoisotopic (exact) mass is 397 g/mol. The van der Waals surface area contributed by atoms with E-state index < -0.39 is 21.4 Å². The molecular weight excluding hydrogens is 370 g/mol. The smallest absolute Gasteiger partial charge is 0.325 e. The lowest BCUT2D eigenvalue weighted by Crippen LogP contribution is -2.51. The van der Waals surface area contributed by atoms with Crippen LogP contribution in [0.15, 0.2) is 0 Å². The van der Waals surface area contributed by atoms with Gasteiger partial charge in [0.05, 0.1) is 11.5 Å². The maximum Gasteiger partial charge on any atom is 0.325 e. The molecule has 0 bridgehead atoms. The van der Waals surface area contributed by atoms with Crippen LogP contribution < -0.4 is 5.32 Å². The van der Waals surface area contributed by atoms with E-state index >= 15 is 0 Å². The Morgan fingerprint density at radius 2 is 1.81 bits per heavy atom. The Kier molecular flexibility index (Phi) is 4.48. The summed E-state index contributed by atoms with van der Waals surface area (Å²) in [5, 5.41) is 2.83. The highest BCUT2D eigenvalue weighted by molar-refractivity contribution is 7.91. The second-order valence-electron chi connectivity index (χ2n) is 8.68. The number of imide groups is 1. The number of amides is 4. The zero-order chi connectivity index (χ0) is 19.4. The van der Waals surface area contributed by atoms with Gasteiger partial charge in [-0.1, -0.05) is 6.92 Å². The summed E-state index contributed by atoms with van der Waals surface area (Å²) in [5.74, 6) is -0.00643. The van der Waals surface area contributed by atoms with E-state index in [2.05, 4.69) is 12.2 Å². The Morgan fingerprint density at radius 1 is 1.15 bits per heavy atom. The van der Waals surface area contributed by atoms with Crippen molar-refractivity contribution in [3.63, 3.8) is 0 Å². The van der Waals surface area contributed by atoms with Crippen molar-refractivity contribution in [2.45, 2.75) is 69.5 Å². The van der Waals surface area contributed by atoms with Crippen molar-refractivity contribution < 1.29 is 22.8 Å². The van der Waals surface area contributed by atoms with Crippen LogP contribution in [-0.4, -0.2) is 71.7 Å². The number of hydrogen-bond donors (Lipinski definition) is 1. The summed E-state index contributed by atoms with van der Waals surface area (Å²) in [7, 11) is -3.11. The molecule has 1 N–H and O–H groups in total. The second kappa shape index (κ2) is 6.46. The average Bonchev–Trinajstić information content (AvgIpc) is 3.33. The van der Waals surface area contributed by atoms with Gasteiger partial charge in [-0.05, 0) is 50.9 Å². The second-order valence-corrected chi connectivity index (χ2v) is 10.9. The molecule has 2 aliphatic carbocycles. The largest absolute Gasteiger partial charge is 0.334 e. The van der Waals surface area contributed by atoms with Crippen molar-refractivity contribution in [3.8, 4) is 0 Å². The van der Waals surface area contributed by atoms with E-state index in [1.165, 1.54) is 0 Å². The molecule has 150 valence electrons. The summed E-state index contributed by atoms with van der Waals surface area (Å²) < 4.78 is 23.6. The molecule has 1 spiro atoms. The quantitative estimate of drug-likeness (QED) is 0.702. The first-order valence-electron chi connectivity index (χ1n) is 9.86. The topological polar surface area (TPSA) is 104 Å². The Bertz CT molecular complexity index is 768. The van der Waals surface area contributed by atoms with Gasteiger partial charge in [-0.25, -0.2) is 13.2 Å². The summed E-state index contributed by atoms with van der Waals surface area (Å²) >= 11 is 0. The van der Waals surface area contributed by atoms with E-state index in [1.807, 2.05) is 0 Å². The molecule has 2 saturated heterocycles. The Morgan fingerprint density at radius 3 is 2.37 bits per heavy atom. The summed E-state index contributed by atoms with van der Waals surface area (Å²) in [4.78, 5) is 41.0. The minimum atomic E-state index is -3.11. The van der Waals surface area contributed by atoms with E-state index in [1.54, 1.807) is 4.90 Å². The number of nitrogens with zero attached hydrogens (tertiary/aromatic N) is 2. The predicted octanol–water partition coefficient (Wildman–Crippen LogP) is 0.665. The van der Waals surface area contributed by atoms with Crippen LogP contribution in [0, 0.1) is 5.92 Å². The molecule has 4 fully saturated rings. The van der Waals surface area contributed by atoms with Crippen LogP contribution in [0.25, 0.3) is 0 Å². The minimum Gasteiger partial charge on any atom is -0.334 e. The van der Waals surface area contributed by atoms with Gasteiger partial charge in [0.25, 0.3) is 5.91 Å². The number of carbonyl (C=O) groups is 3. The van der Waals surface area contributed by atoms with Crippen LogP contribution >= 0.6 is 0 Å². The van der Waals surface area contributed by atoms with Crippen LogP contribution in [0.5, 0.6) is 0 Å². The molecule has 2 saturated carbocycles. The molecule has 4 amide bonds.